The Kier molecular flexibility index (Phi) is 5.03. The van der Waals surface area contributed by atoms with Gasteiger partial charge in [-0.25, -0.2) is 0 Å². The largest absolute Gasteiger partial charge is 0.436 e. The number of hydrogen-bond donors (Lipinski definition) is 0. The molecule has 0 radical (unpaired) electrons. The minimum Gasteiger partial charge on any atom is -0.436 e. The van der Waals surface area contributed by atoms with Crippen molar-refractivity contribution < 1.29 is 13.7 Å². The summed E-state index contributed by atoms with van der Waals surface area (Å²) < 4.78 is 16.1. The van der Waals surface area contributed by atoms with Gasteiger partial charge in [0.2, 0.25) is 24.0 Å². The quantitative estimate of drug-likeness (QED) is 0.348. The van der Waals surface area contributed by atoms with Crippen molar-refractivity contribution in [2.45, 2.75) is 0 Å². The maximum absolute atomic E-state index is 6.12. The average molecular weight is 453 g/mol. The molecule has 3 aromatic heterocycles. The first kappa shape index (κ1) is 19.2. The molecule has 9 nitrogen and oxygen atoms in total. The smallest absolute Gasteiger partial charge is 0.278 e. The highest BCUT2D eigenvalue weighted by Crippen LogP contribution is 2.34. The molecule has 0 fully saturated rings. The molecule has 0 unspecified atom stereocenters. The molecule has 5 rings (SSSR count). The summed E-state index contributed by atoms with van der Waals surface area (Å²) in [5.41, 5.74) is 1.93. The van der Waals surface area contributed by atoms with Gasteiger partial charge in [0.15, 0.2) is 5.69 Å². The van der Waals surface area contributed by atoms with Crippen molar-refractivity contribution in [3.63, 3.8) is 0 Å². The highest BCUT2D eigenvalue weighted by molar-refractivity contribution is 6.42. The van der Waals surface area contributed by atoms with Crippen LogP contribution in [-0.2, 0) is 0 Å². The standard InChI is InChI=1S/C20H10Cl2N6O3/c21-13-2-1-3-15(17(13)22)30-16-9-8-14(25-26-16)20-24-18(28-31-20)11-4-6-12(7-5-11)19-27-23-10-29-19/h1-10H. The lowest BCUT2D eigenvalue weighted by atomic mass is 10.1. The van der Waals surface area contributed by atoms with Crippen LogP contribution in [0.4, 0.5) is 0 Å². The third-order valence-corrected chi connectivity index (χ3v) is 4.97. The van der Waals surface area contributed by atoms with Crippen LogP contribution in [0, 0.1) is 0 Å². The van der Waals surface area contributed by atoms with Gasteiger partial charge in [0.1, 0.15) is 10.8 Å². The van der Waals surface area contributed by atoms with Crippen molar-refractivity contribution in [2.75, 3.05) is 0 Å². The van der Waals surface area contributed by atoms with E-state index >= 15 is 0 Å². The van der Waals surface area contributed by atoms with Gasteiger partial charge in [-0.2, -0.15) is 4.98 Å². The summed E-state index contributed by atoms with van der Waals surface area (Å²) in [6, 6.07) is 15.6. The van der Waals surface area contributed by atoms with Crippen LogP contribution in [0.1, 0.15) is 0 Å². The molecule has 31 heavy (non-hydrogen) atoms. The van der Waals surface area contributed by atoms with E-state index in [9.17, 15) is 0 Å². The normalized spacial score (nSPS) is 10.9. The van der Waals surface area contributed by atoms with Crippen molar-refractivity contribution in [3.8, 4) is 46.1 Å². The third kappa shape index (κ3) is 3.96. The van der Waals surface area contributed by atoms with Gasteiger partial charge in [-0.15, -0.1) is 20.4 Å². The van der Waals surface area contributed by atoms with Gasteiger partial charge in [0.05, 0.1) is 5.02 Å². The Morgan fingerprint density at radius 1 is 0.806 bits per heavy atom. The van der Waals surface area contributed by atoms with Crippen LogP contribution >= 0.6 is 23.2 Å². The summed E-state index contributed by atoms with van der Waals surface area (Å²) in [5.74, 6) is 1.66. The first-order valence-corrected chi connectivity index (χ1v) is 9.59. The zero-order chi connectivity index (χ0) is 21.2. The third-order valence-electron chi connectivity index (χ3n) is 4.17. The van der Waals surface area contributed by atoms with E-state index in [1.165, 1.54) is 6.39 Å². The summed E-state index contributed by atoms with van der Waals surface area (Å²) in [4.78, 5) is 4.37. The van der Waals surface area contributed by atoms with Crippen LogP contribution < -0.4 is 4.74 Å². The monoisotopic (exact) mass is 452 g/mol. The minimum atomic E-state index is 0.218. The summed E-state index contributed by atoms with van der Waals surface area (Å²) in [6.07, 6.45) is 1.27. The molecular formula is C20H10Cl2N6O3. The van der Waals surface area contributed by atoms with Gasteiger partial charge in [0, 0.05) is 17.2 Å². The topological polar surface area (TPSA) is 113 Å². The van der Waals surface area contributed by atoms with E-state index in [0.29, 0.717) is 33.2 Å². The molecule has 152 valence electrons. The molecule has 11 heteroatoms. The lowest BCUT2D eigenvalue weighted by molar-refractivity contribution is 0.428. The number of hydrogen-bond acceptors (Lipinski definition) is 9. The molecule has 0 spiro atoms. The summed E-state index contributed by atoms with van der Waals surface area (Å²) in [5, 5.41) is 20.3. The lowest BCUT2D eigenvalue weighted by Crippen LogP contribution is -1.93. The first-order valence-electron chi connectivity index (χ1n) is 8.84. The van der Waals surface area contributed by atoms with E-state index in [-0.39, 0.29) is 11.8 Å². The number of nitrogens with zero attached hydrogens (tertiary/aromatic N) is 6. The number of benzene rings is 2. The lowest BCUT2D eigenvalue weighted by Gasteiger charge is -2.06. The van der Waals surface area contributed by atoms with Gasteiger partial charge >= 0.3 is 0 Å². The molecule has 2 aromatic carbocycles. The van der Waals surface area contributed by atoms with Crippen molar-refractivity contribution in [1.29, 1.82) is 0 Å². The predicted molar refractivity (Wildman–Crippen MR) is 111 cm³/mol. The van der Waals surface area contributed by atoms with E-state index in [1.54, 1.807) is 30.3 Å². The van der Waals surface area contributed by atoms with Gasteiger partial charge in [-0.05, 0) is 30.3 Å². The Hall–Kier alpha value is -3.82. The Morgan fingerprint density at radius 3 is 2.39 bits per heavy atom. The fraction of sp³-hybridized carbons (Fsp3) is 0. The molecular weight excluding hydrogens is 443 g/mol. The number of ether oxygens (including phenoxy) is 1. The van der Waals surface area contributed by atoms with Gasteiger partial charge in [0.25, 0.3) is 5.89 Å². The fourth-order valence-corrected chi connectivity index (χ4v) is 3.00. The average Bonchev–Trinajstić information content (AvgIpc) is 3.50. The minimum absolute atomic E-state index is 0.218. The second kappa shape index (κ2) is 8.13. The molecule has 0 saturated heterocycles. The zero-order valence-electron chi connectivity index (χ0n) is 15.4. The van der Waals surface area contributed by atoms with E-state index in [2.05, 4.69) is 30.5 Å². The molecule has 5 aromatic rings. The molecule has 0 atom stereocenters. The van der Waals surface area contributed by atoms with Crippen molar-refractivity contribution >= 4 is 23.2 Å². The van der Waals surface area contributed by atoms with E-state index in [4.69, 9.17) is 36.9 Å². The SMILES string of the molecule is Clc1cccc(Oc2ccc(-c3nc(-c4ccc(-c5nnco5)cc4)no3)nn2)c1Cl. The van der Waals surface area contributed by atoms with Crippen LogP contribution in [0.25, 0.3) is 34.4 Å². The Balaban J connectivity index is 1.33. The van der Waals surface area contributed by atoms with Crippen molar-refractivity contribution in [3.05, 3.63) is 71.0 Å². The molecule has 0 aliphatic heterocycles. The zero-order valence-corrected chi connectivity index (χ0v) is 16.9. The van der Waals surface area contributed by atoms with Gasteiger partial charge < -0.3 is 13.7 Å². The van der Waals surface area contributed by atoms with Crippen molar-refractivity contribution in [1.82, 2.24) is 30.5 Å². The van der Waals surface area contributed by atoms with E-state index < -0.39 is 0 Å². The van der Waals surface area contributed by atoms with E-state index in [1.807, 2.05) is 24.3 Å². The summed E-state index contributed by atoms with van der Waals surface area (Å²) >= 11 is 12.1. The molecule has 0 amide bonds. The molecule has 3 heterocycles. The Bertz CT molecular complexity index is 1320. The Morgan fingerprint density at radius 2 is 1.65 bits per heavy atom. The Labute approximate surface area is 184 Å². The molecule has 0 bridgehead atoms. The molecule has 0 N–H and O–H groups in total. The number of rotatable bonds is 5. The van der Waals surface area contributed by atoms with Crippen molar-refractivity contribution in [2.24, 2.45) is 0 Å². The number of halogens is 2. The maximum atomic E-state index is 6.12. The molecule has 0 aliphatic rings. The fourth-order valence-electron chi connectivity index (χ4n) is 2.67. The first-order chi connectivity index (χ1) is 15.2. The van der Waals surface area contributed by atoms with Gasteiger partial charge in [-0.3, -0.25) is 0 Å². The molecule has 0 aliphatic carbocycles. The van der Waals surface area contributed by atoms with Gasteiger partial charge in [-0.1, -0.05) is 46.6 Å². The highest BCUT2D eigenvalue weighted by Gasteiger charge is 2.14. The maximum Gasteiger partial charge on any atom is 0.278 e. The summed E-state index contributed by atoms with van der Waals surface area (Å²) in [7, 11) is 0. The van der Waals surface area contributed by atoms with Crippen LogP contribution in [0.3, 0.4) is 0 Å². The van der Waals surface area contributed by atoms with Crippen LogP contribution in [0.15, 0.2) is 69.9 Å². The van der Waals surface area contributed by atoms with Crippen LogP contribution in [0.5, 0.6) is 11.6 Å². The predicted octanol–water partition coefficient (Wildman–Crippen LogP) is 5.34. The van der Waals surface area contributed by atoms with E-state index in [0.717, 1.165) is 11.1 Å². The second-order valence-corrected chi connectivity index (χ2v) is 6.94. The van der Waals surface area contributed by atoms with Crippen LogP contribution in [0.2, 0.25) is 10.0 Å². The molecule has 0 saturated carbocycles. The second-order valence-electron chi connectivity index (χ2n) is 6.16. The summed E-state index contributed by atoms with van der Waals surface area (Å²) in [6.45, 7) is 0. The number of aromatic nitrogens is 6. The van der Waals surface area contributed by atoms with Crippen LogP contribution in [-0.4, -0.2) is 30.5 Å². The highest BCUT2D eigenvalue weighted by atomic mass is 35.5.